The van der Waals surface area contributed by atoms with Gasteiger partial charge in [-0.3, -0.25) is 0 Å². The molecule has 3 heterocycles. The Morgan fingerprint density at radius 3 is 1.91 bits per heavy atom. The number of likely N-dealkylation sites (tertiary alicyclic amines) is 1. The second-order valence-electron chi connectivity index (χ2n) is 8.90. The fourth-order valence-electron chi connectivity index (χ4n) is 4.50. The van der Waals surface area contributed by atoms with Gasteiger partial charge >= 0.3 is 0 Å². The zero-order chi connectivity index (χ0) is 15.6. The molecule has 3 fully saturated rings. The molecule has 4 nitrogen and oxygen atoms in total. The predicted molar refractivity (Wildman–Crippen MR) is 101 cm³/mol. The van der Waals surface area contributed by atoms with E-state index < -0.39 is 0 Å². The molecule has 3 aliphatic rings. The first-order chi connectivity index (χ1) is 10.5. The first-order valence-corrected chi connectivity index (χ1v) is 9.31. The topological polar surface area (TPSA) is 21.8 Å². The standard InChI is InChI=1S/C18H36N4.ClH/c1-17(15-22-12-10-20(3)11-13-22)5-8-21(9-6-17)16-18(2)4-7-19-14-18;/h19H,4-16H2,1-3H3;1H. The highest BCUT2D eigenvalue weighted by molar-refractivity contribution is 5.85. The molecule has 3 saturated heterocycles. The average Bonchev–Trinajstić information content (AvgIpc) is 2.91. The van der Waals surface area contributed by atoms with E-state index in [0.717, 1.165) is 0 Å². The molecule has 0 aromatic carbocycles. The molecule has 136 valence electrons. The second kappa shape index (κ2) is 8.01. The molecule has 1 unspecified atom stereocenters. The molecule has 3 aliphatic heterocycles. The lowest BCUT2D eigenvalue weighted by atomic mass is 9.78. The molecule has 3 rings (SSSR count). The summed E-state index contributed by atoms with van der Waals surface area (Å²) in [5, 5.41) is 3.54. The van der Waals surface area contributed by atoms with Gasteiger partial charge in [-0.05, 0) is 56.8 Å². The molecule has 0 saturated carbocycles. The third-order valence-corrected chi connectivity index (χ3v) is 6.33. The number of piperidine rings is 1. The van der Waals surface area contributed by atoms with Gasteiger partial charge in [0.25, 0.3) is 0 Å². The van der Waals surface area contributed by atoms with Crippen LogP contribution >= 0.6 is 12.4 Å². The average molecular weight is 345 g/mol. The number of piperazine rings is 1. The quantitative estimate of drug-likeness (QED) is 0.838. The Morgan fingerprint density at radius 2 is 1.35 bits per heavy atom. The molecule has 0 bridgehead atoms. The van der Waals surface area contributed by atoms with Gasteiger partial charge in [0.05, 0.1) is 0 Å². The lowest BCUT2D eigenvalue weighted by Gasteiger charge is -2.45. The van der Waals surface area contributed by atoms with Crippen molar-refractivity contribution < 1.29 is 0 Å². The minimum Gasteiger partial charge on any atom is -0.316 e. The van der Waals surface area contributed by atoms with Gasteiger partial charge in [-0.25, -0.2) is 0 Å². The molecule has 5 heteroatoms. The zero-order valence-corrected chi connectivity index (χ0v) is 16.3. The second-order valence-corrected chi connectivity index (χ2v) is 8.90. The van der Waals surface area contributed by atoms with Crippen LogP contribution in [0.1, 0.15) is 33.1 Å². The fourth-order valence-corrected chi connectivity index (χ4v) is 4.50. The van der Waals surface area contributed by atoms with Crippen molar-refractivity contribution >= 4 is 12.4 Å². The number of rotatable bonds is 4. The van der Waals surface area contributed by atoms with Crippen molar-refractivity contribution in [1.29, 1.82) is 0 Å². The molecule has 0 spiro atoms. The van der Waals surface area contributed by atoms with Crippen LogP contribution in [0.25, 0.3) is 0 Å². The van der Waals surface area contributed by atoms with Crippen LogP contribution in [-0.4, -0.2) is 87.2 Å². The van der Waals surface area contributed by atoms with Crippen LogP contribution < -0.4 is 5.32 Å². The van der Waals surface area contributed by atoms with Crippen LogP contribution in [0.4, 0.5) is 0 Å². The van der Waals surface area contributed by atoms with Crippen LogP contribution in [0.3, 0.4) is 0 Å². The van der Waals surface area contributed by atoms with Gasteiger partial charge in [-0.15, -0.1) is 12.4 Å². The summed E-state index contributed by atoms with van der Waals surface area (Å²) >= 11 is 0. The minimum absolute atomic E-state index is 0. The molecule has 1 atom stereocenters. The highest BCUT2D eigenvalue weighted by atomic mass is 35.5. The number of likely N-dealkylation sites (N-methyl/N-ethyl adjacent to an activating group) is 1. The minimum atomic E-state index is 0. The number of halogens is 1. The SMILES string of the molecule is CN1CCN(CC2(C)CCN(CC3(C)CCNC3)CC2)CC1.Cl. The Bertz CT molecular complexity index is 354. The summed E-state index contributed by atoms with van der Waals surface area (Å²) in [6, 6.07) is 0. The number of nitrogens with one attached hydrogen (secondary N) is 1. The third kappa shape index (κ3) is 5.30. The van der Waals surface area contributed by atoms with E-state index in [2.05, 4.69) is 40.9 Å². The maximum absolute atomic E-state index is 3.54. The van der Waals surface area contributed by atoms with E-state index in [4.69, 9.17) is 0 Å². The van der Waals surface area contributed by atoms with Crippen molar-refractivity contribution in [2.45, 2.75) is 33.1 Å². The molecule has 0 aliphatic carbocycles. The van der Waals surface area contributed by atoms with Crippen molar-refractivity contribution in [2.24, 2.45) is 10.8 Å². The van der Waals surface area contributed by atoms with Gasteiger partial charge in [0.15, 0.2) is 0 Å². The van der Waals surface area contributed by atoms with Gasteiger partial charge in [-0.2, -0.15) is 0 Å². The summed E-state index contributed by atoms with van der Waals surface area (Å²) in [6.45, 7) is 17.7. The summed E-state index contributed by atoms with van der Waals surface area (Å²) in [7, 11) is 2.25. The number of hydrogen-bond acceptors (Lipinski definition) is 4. The lowest BCUT2D eigenvalue weighted by Crippen LogP contribution is -2.51. The Hall–Kier alpha value is 0.130. The van der Waals surface area contributed by atoms with Crippen molar-refractivity contribution in [3.05, 3.63) is 0 Å². The number of nitrogens with zero attached hydrogens (tertiary/aromatic N) is 3. The van der Waals surface area contributed by atoms with Crippen molar-refractivity contribution in [2.75, 3.05) is 72.5 Å². The Kier molecular flexibility index (Phi) is 6.77. The van der Waals surface area contributed by atoms with Crippen molar-refractivity contribution in [3.8, 4) is 0 Å². The number of hydrogen-bond donors (Lipinski definition) is 1. The monoisotopic (exact) mass is 344 g/mol. The summed E-state index contributed by atoms with van der Waals surface area (Å²) in [5.74, 6) is 0. The van der Waals surface area contributed by atoms with E-state index in [0.29, 0.717) is 10.8 Å². The van der Waals surface area contributed by atoms with Crippen LogP contribution in [0.5, 0.6) is 0 Å². The first-order valence-electron chi connectivity index (χ1n) is 9.31. The lowest BCUT2D eigenvalue weighted by molar-refractivity contribution is 0.0419. The Labute approximate surface area is 149 Å². The van der Waals surface area contributed by atoms with Gasteiger partial charge in [0.1, 0.15) is 0 Å². The zero-order valence-electron chi connectivity index (χ0n) is 15.4. The predicted octanol–water partition coefficient (Wildman–Crippen LogP) is 1.76. The Balaban J connectivity index is 0.00000192. The van der Waals surface area contributed by atoms with Crippen molar-refractivity contribution in [3.63, 3.8) is 0 Å². The van der Waals surface area contributed by atoms with Crippen LogP contribution in [-0.2, 0) is 0 Å². The van der Waals surface area contributed by atoms with Crippen LogP contribution in [0, 0.1) is 10.8 Å². The van der Waals surface area contributed by atoms with Gasteiger partial charge in [0, 0.05) is 45.8 Å². The Morgan fingerprint density at radius 1 is 0.783 bits per heavy atom. The molecular formula is C18H37ClN4. The van der Waals surface area contributed by atoms with Crippen LogP contribution in [0.2, 0.25) is 0 Å². The van der Waals surface area contributed by atoms with Crippen LogP contribution in [0.15, 0.2) is 0 Å². The summed E-state index contributed by atoms with van der Waals surface area (Å²) < 4.78 is 0. The highest BCUT2D eigenvalue weighted by Gasteiger charge is 2.36. The summed E-state index contributed by atoms with van der Waals surface area (Å²) in [5.41, 5.74) is 1.06. The van der Waals surface area contributed by atoms with E-state index >= 15 is 0 Å². The van der Waals surface area contributed by atoms with Gasteiger partial charge in [-0.1, -0.05) is 13.8 Å². The van der Waals surface area contributed by atoms with E-state index in [1.165, 1.54) is 84.7 Å². The molecular weight excluding hydrogens is 308 g/mol. The summed E-state index contributed by atoms with van der Waals surface area (Å²) in [6.07, 6.45) is 4.10. The van der Waals surface area contributed by atoms with E-state index in [1.807, 2.05) is 0 Å². The van der Waals surface area contributed by atoms with Crippen molar-refractivity contribution in [1.82, 2.24) is 20.0 Å². The highest BCUT2D eigenvalue weighted by Crippen LogP contribution is 2.34. The maximum Gasteiger partial charge on any atom is 0.0110 e. The molecule has 0 aromatic heterocycles. The molecule has 23 heavy (non-hydrogen) atoms. The first kappa shape index (κ1) is 19.5. The molecule has 0 amide bonds. The van der Waals surface area contributed by atoms with E-state index in [-0.39, 0.29) is 12.4 Å². The van der Waals surface area contributed by atoms with E-state index in [9.17, 15) is 0 Å². The van der Waals surface area contributed by atoms with Gasteiger partial charge in [0.2, 0.25) is 0 Å². The van der Waals surface area contributed by atoms with E-state index in [1.54, 1.807) is 0 Å². The fraction of sp³-hybridized carbons (Fsp3) is 1.00. The summed E-state index contributed by atoms with van der Waals surface area (Å²) in [4.78, 5) is 7.90. The smallest absolute Gasteiger partial charge is 0.0110 e. The normalized spacial score (nSPS) is 33.5. The maximum atomic E-state index is 3.54. The molecule has 1 N–H and O–H groups in total. The molecule has 0 radical (unpaired) electrons. The van der Waals surface area contributed by atoms with Gasteiger partial charge < -0.3 is 20.0 Å². The third-order valence-electron chi connectivity index (χ3n) is 6.33. The largest absolute Gasteiger partial charge is 0.316 e. The molecule has 0 aromatic rings.